The van der Waals surface area contributed by atoms with Crippen molar-refractivity contribution in [2.24, 2.45) is 22.7 Å². The Labute approximate surface area is 188 Å². The van der Waals surface area contributed by atoms with Gasteiger partial charge >= 0.3 is 0 Å². The highest BCUT2D eigenvalue weighted by molar-refractivity contribution is 6.00. The molecule has 0 N–H and O–H groups in total. The number of benzene rings is 1. The Morgan fingerprint density at radius 3 is 2.61 bits per heavy atom. The van der Waals surface area contributed by atoms with E-state index in [0.717, 1.165) is 63.1 Å². The van der Waals surface area contributed by atoms with E-state index in [1.165, 1.54) is 49.9 Å². The first-order chi connectivity index (χ1) is 14.9. The van der Waals surface area contributed by atoms with Gasteiger partial charge in [0.15, 0.2) is 0 Å². The van der Waals surface area contributed by atoms with Gasteiger partial charge in [-0.05, 0) is 80.0 Å². The van der Waals surface area contributed by atoms with Crippen LogP contribution in [0.15, 0.2) is 18.2 Å². The molecule has 1 spiro atoms. The fourth-order valence-corrected chi connectivity index (χ4v) is 6.98. The maximum atomic E-state index is 13.3. The molecule has 3 heterocycles. The highest BCUT2D eigenvalue weighted by atomic mass is 16.5. The highest BCUT2D eigenvalue weighted by Gasteiger charge is 2.48. The first-order valence-corrected chi connectivity index (χ1v) is 12.6. The smallest absolute Gasteiger partial charge is 0.233 e. The van der Waals surface area contributed by atoms with Crippen molar-refractivity contribution in [1.29, 1.82) is 0 Å². The number of aryl methyl sites for hydroxylation is 1. The van der Waals surface area contributed by atoms with Crippen LogP contribution in [0.2, 0.25) is 0 Å². The van der Waals surface area contributed by atoms with Crippen molar-refractivity contribution in [2.45, 2.75) is 72.1 Å². The molecule has 1 saturated carbocycles. The monoisotopic (exact) mass is 424 g/mol. The van der Waals surface area contributed by atoms with Crippen LogP contribution < -0.4 is 9.80 Å². The number of hydrogen-bond acceptors (Lipinski definition) is 3. The van der Waals surface area contributed by atoms with Crippen molar-refractivity contribution in [2.75, 3.05) is 42.6 Å². The van der Waals surface area contributed by atoms with Crippen LogP contribution in [0, 0.1) is 29.6 Å². The number of nitrogens with zero attached hydrogens (tertiary/aromatic N) is 2. The van der Waals surface area contributed by atoms with Crippen LogP contribution in [-0.4, -0.2) is 38.8 Å². The van der Waals surface area contributed by atoms with Gasteiger partial charge in [-0.25, -0.2) is 0 Å². The number of ether oxygens (including phenoxy) is 1. The molecule has 5 rings (SSSR count). The van der Waals surface area contributed by atoms with Crippen LogP contribution in [-0.2, 0) is 9.53 Å². The van der Waals surface area contributed by atoms with E-state index < -0.39 is 0 Å². The Morgan fingerprint density at radius 2 is 1.90 bits per heavy atom. The summed E-state index contributed by atoms with van der Waals surface area (Å²) in [6, 6.07) is 6.78. The van der Waals surface area contributed by atoms with Gasteiger partial charge in [0.25, 0.3) is 0 Å². The van der Waals surface area contributed by atoms with Gasteiger partial charge in [0.05, 0.1) is 5.41 Å². The summed E-state index contributed by atoms with van der Waals surface area (Å²) in [5, 5.41) is 0. The predicted molar refractivity (Wildman–Crippen MR) is 127 cm³/mol. The number of amides is 1. The zero-order valence-corrected chi connectivity index (χ0v) is 19.8. The summed E-state index contributed by atoms with van der Waals surface area (Å²) in [6.07, 6.45) is 9.70. The number of carbonyl (C=O) groups excluding carboxylic acids is 1. The minimum atomic E-state index is -0.169. The van der Waals surface area contributed by atoms with E-state index in [2.05, 4.69) is 48.8 Å². The average molecular weight is 425 g/mol. The molecule has 3 saturated heterocycles. The number of anilines is 2. The van der Waals surface area contributed by atoms with Crippen LogP contribution >= 0.6 is 0 Å². The third-order valence-electron chi connectivity index (χ3n) is 9.15. The first-order valence-electron chi connectivity index (χ1n) is 12.6. The molecule has 1 aromatic carbocycles. The number of hydrogen-bond donors (Lipinski definition) is 0. The van der Waals surface area contributed by atoms with Crippen LogP contribution in [0.1, 0.15) is 70.8 Å². The molecule has 31 heavy (non-hydrogen) atoms. The van der Waals surface area contributed by atoms with E-state index in [-0.39, 0.29) is 5.41 Å². The molecular formula is C27H40N2O2. The largest absolute Gasteiger partial charge is 0.381 e. The molecule has 4 nitrogen and oxygen atoms in total. The zero-order valence-electron chi connectivity index (χ0n) is 19.8. The molecule has 170 valence electrons. The topological polar surface area (TPSA) is 32.8 Å². The second-order valence-corrected chi connectivity index (χ2v) is 11.4. The van der Waals surface area contributed by atoms with E-state index in [9.17, 15) is 4.79 Å². The van der Waals surface area contributed by atoms with E-state index in [4.69, 9.17) is 4.74 Å². The van der Waals surface area contributed by atoms with Gasteiger partial charge in [-0.15, -0.1) is 0 Å². The van der Waals surface area contributed by atoms with Gasteiger partial charge in [0, 0.05) is 44.2 Å². The Morgan fingerprint density at radius 1 is 1.10 bits per heavy atom. The van der Waals surface area contributed by atoms with Gasteiger partial charge in [0.1, 0.15) is 0 Å². The Hall–Kier alpha value is -1.55. The number of rotatable bonds is 4. The highest BCUT2D eigenvalue weighted by Crippen LogP contribution is 2.46. The quantitative estimate of drug-likeness (QED) is 0.633. The Bertz CT molecular complexity index is 831. The fourth-order valence-electron chi connectivity index (χ4n) is 6.98. The maximum Gasteiger partial charge on any atom is 0.233 e. The minimum absolute atomic E-state index is 0.169. The number of carbonyl (C=O) groups is 1. The molecular weight excluding hydrogens is 384 g/mol. The van der Waals surface area contributed by atoms with Crippen LogP contribution in [0.4, 0.5) is 11.4 Å². The molecule has 4 heteroatoms. The lowest BCUT2D eigenvalue weighted by molar-refractivity contribution is -0.130. The molecule has 0 bridgehead atoms. The van der Waals surface area contributed by atoms with Crippen LogP contribution in [0.25, 0.3) is 0 Å². The van der Waals surface area contributed by atoms with Gasteiger partial charge in [-0.3, -0.25) is 4.79 Å². The summed E-state index contributed by atoms with van der Waals surface area (Å²) in [5.74, 6) is 2.16. The lowest BCUT2D eigenvalue weighted by Crippen LogP contribution is -2.39. The summed E-state index contributed by atoms with van der Waals surface area (Å²) in [6.45, 7) is 11.8. The van der Waals surface area contributed by atoms with Crippen LogP contribution in [0.5, 0.6) is 0 Å². The normalized spacial score (nSPS) is 33.1. The summed E-state index contributed by atoms with van der Waals surface area (Å²) in [4.78, 5) is 18.0. The molecule has 3 aliphatic heterocycles. The lowest BCUT2D eigenvalue weighted by Gasteiger charge is -2.32. The van der Waals surface area contributed by atoms with Gasteiger partial charge < -0.3 is 14.5 Å². The van der Waals surface area contributed by atoms with E-state index in [1.807, 2.05) is 0 Å². The van der Waals surface area contributed by atoms with Crippen molar-refractivity contribution in [3.63, 3.8) is 0 Å². The lowest BCUT2D eigenvalue weighted by atomic mass is 9.77. The molecule has 4 aliphatic rings. The van der Waals surface area contributed by atoms with E-state index in [1.54, 1.807) is 0 Å². The van der Waals surface area contributed by atoms with Crippen molar-refractivity contribution in [3.05, 3.63) is 23.8 Å². The second kappa shape index (κ2) is 8.10. The average Bonchev–Trinajstić information content (AvgIpc) is 3.43. The van der Waals surface area contributed by atoms with Crippen molar-refractivity contribution >= 4 is 17.3 Å². The SMILES string of the molecule is Cc1cc(N2CC[C@](C)(CC3CCC[C@@H]3C)C2)ccc1N1CCC2(CCOCC2)C1=O. The summed E-state index contributed by atoms with van der Waals surface area (Å²) in [7, 11) is 0. The predicted octanol–water partition coefficient (Wildman–Crippen LogP) is 5.57. The Kier molecular flexibility index (Phi) is 5.57. The molecule has 1 aromatic rings. The zero-order chi connectivity index (χ0) is 21.6. The van der Waals surface area contributed by atoms with Crippen molar-refractivity contribution in [1.82, 2.24) is 0 Å². The maximum absolute atomic E-state index is 13.3. The molecule has 0 radical (unpaired) electrons. The van der Waals surface area contributed by atoms with Crippen molar-refractivity contribution in [3.8, 4) is 0 Å². The summed E-state index contributed by atoms with van der Waals surface area (Å²) in [5.41, 5.74) is 3.94. The fraction of sp³-hybridized carbons (Fsp3) is 0.741. The van der Waals surface area contributed by atoms with E-state index >= 15 is 0 Å². The second-order valence-electron chi connectivity index (χ2n) is 11.4. The summed E-state index contributed by atoms with van der Waals surface area (Å²) < 4.78 is 5.53. The van der Waals surface area contributed by atoms with Crippen LogP contribution in [0.3, 0.4) is 0 Å². The van der Waals surface area contributed by atoms with Gasteiger partial charge in [-0.2, -0.15) is 0 Å². The molecule has 0 aromatic heterocycles. The third-order valence-corrected chi connectivity index (χ3v) is 9.15. The van der Waals surface area contributed by atoms with E-state index in [0.29, 0.717) is 11.3 Å². The standard InChI is InChI=1S/C27H40N2O2/c1-20-5-4-6-22(20)18-26(3)9-13-28(19-26)23-7-8-24(21(2)17-23)29-14-10-27(25(29)30)11-15-31-16-12-27/h7-8,17,20,22H,4-6,9-16,18-19H2,1-3H3/t20-,22?,26+/m0/s1. The van der Waals surface area contributed by atoms with Gasteiger partial charge in [0.2, 0.25) is 5.91 Å². The Balaban J connectivity index is 1.27. The van der Waals surface area contributed by atoms with Gasteiger partial charge in [-0.1, -0.05) is 33.1 Å². The molecule has 3 atom stereocenters. The molecule has 1 unspecified atom stereocenters. The van der Waals surface area contributed by atoms with Crippen molar-refractivity contribution < 1.29 is 9.53 Å². The molecule has 1 amide bonds. The third kappa shape index (κ3) is 3.90. The first kappa shape index (κ1) is 21.3. The minimum Gasteiger partial charge on any atom is -0.381 e. The summed E-state index contributed by atoms with van der Waals surface area (Å²) >= 11 is 0. The molecule has 1 aliphatic carbocycles. The molecule has 4 fully saturated rings.